The van der Waals surface area contributed by atoms with Gasteiger partial charge in [-0.3, -0.25) is 4.57 Å². The lowest BCUT2D eigenvalue weighted by atomic mass is 9.93. The highest BCUT2D eigenvalue weighted by atomic mass is 35.9. The topological polar surface area (TPSA) is 17.1 Å². The van der Waals surface area contributed by atoms with Crippen molar-refractivity contribution in [3.63, 3.8) is 0 Å². The summed E-state index contributed by atoms with van der Waals surface area (Å²) in [5, 5.41) is 0. The average molecular weight is 299 g/mol. The fourth-order valence-electron chi connectivity index (χ4n) is 1.99. The lowest BCUT2D eigenvalue weighted by molar-refractivity contribution is 0.590. The molecule has 2 aromatic carbocycles. The zero-order valence-corrected chi connectivity index (χ0v) is 12.1. The molecule has 0 saturated heterocycles. The van der Waals surface area contributed by atoms with Crippen LogP contribution in [0.1, 0.15) is 17.0 Å². The van der Waals surface area contributed by atoms with Gasteiger partial charge in [0.2, 0.25) is 0 Å². The third-order valence-corrected chi connectivity index (χ3v) is 4.42. The molecule has 0 atom stereocenters. The Balaban J connectivity index is 2.39. The maximum absolute atomic E-state index is 11.7. The first kappa shape index (κ1) is 13.7. The molecule has 0 aliphatic carbocycles. The Hall–Kier alpha value is -0.750. The highest BCUT2D eigenvalue weighted by molar-refractivity contribution is 8.08. The molecule has 2 rings (SSSR count). The lowest BCUT2D eigenvalue weighted by Crippen LogP contribution is -2.04. The van der Waals surface area contributed by atoms with E-state index < -0.39 is 5.85 Å². The molecule has 0 fully saturated rings. The molecule has 0 N–H and O–H groups in total. The Morgan fingerprint density at radius 2 is 1.22 bits per heavy atom. The van der Waals surface area contributed by atoms with Crippen molar-refractivity contribution in [1.82, 2.24) is 0 Å². The predicted octanol–water partition coefficient (Wildman–Crippen LogP) is 5.49. The molecule has 0 aliphatic rings. The average Bonchev–Trinajstić information content (AvgIpc) is 2.37. The van der Waals surface area contributed by atoms with Crippen LogP contribution < -0.4 is 0 Å². The van der Waals surface area contributed by atoms with Gasteiger partial charge in [-0.1, -0.05) is 60.7 Å². The van der Waals surface area contributed by atoms with Crippen molar-refractivity contribution < 1.29 is 4.57 Å². The molecule has 0 heterocycles. The van der Waals surface area contributed by atoms with E-state index in [0.717, 1.165) is 11.1 Å². The van der Waals surface area contributed by atoms with Crippen LogP contribution in [0.4, 0.5) is 0 Å². The Labute approximate surface area is 117 Å². The Kier molecular flexibility index (Phi) is 4.50. The largest absolute Gasteiger partial charge is 0.289 e. The van der Waals surface area contributed by atoms with Gasteiger partial charge in [-0.15, -0.1) is 0 Å². The second-order valence-electron chi connectivity index (χ2n) is 4.13. The molecule has 0 saturated carbocycles. The Bertz CT molecular complexity index is 497. The van der Waals surface area contributed by atoms with Gasteiger partial charge < -0.3 is 0 Å². The molecule has 0 unspecified atom stereocenters. The van der Waals surface area contributed by atoms with E-state index in [0.29, 0.717) is 0 Å². The van der Waals surface area contributed by atoms with Crippen LogP contribution in [0, 0.1) is 0 Å². The quantitative estimate of drug-likeness (QED) is 0.682. The highest BCUT2D eigenvalue weighted by Gasteiger charge is 2.24. The summed E-state index contributed by atoms with van der Waals surface area (Å²) in [5.41, 5.74) is 2.15. The number of halogens is 2. The molecule has 0 spiro atoms. The van der Waals surface area contributed by atoms with E-state index in [1.165, 1.54) is 0 Å². The van der Waals surface area contributed by atoms with Crippen LogP contribution >= 0.6 is 28.3 Å². The molecule has 0 amide bonds. The minimum atomic E-state index is -3.11. The van der Waals surface area contributed by atoms with E-state index in [-0.39, 0.29) is 12.1 Å². The van der Waals surface area contributed by atoms with E-state index in [9.17, 15) is 4.57 Å². The monoisotopic (exact) mass is 298 g/mol. The fraction of sp³-hybridized carbons (Fsp3) is 0.143. The van der Waals surface area contributed by atoms with Gasteiger partial charge in [-0.2, -0.15) is 0 Å². The maximum Gasteiger partial charge on any atom is 0.254 e. The van der Waals surface area contributed by atoms with Gasteiger partial charge in [-0.25, -0.2) is 0 Å². The normalized spacial score (nSPS) is 11.7. The summed E-state index contributed by atoms with van der Waals surface area (Å²) in [5.74, 6) is -3.14. The van der Waals surface area contributed by atoms with Crippen molar-refractivity contribution in [1.29, 1.82) is 0 Å². The molecule has 0 radical (unpaired) electrons. The molecular formula is C14H13Cl2OP. The number of rotatable bonds is 4. The highest BCUT2D eigenvalue weighted by Crippen LogP contribution is 2.59. The van der Waals surface area contributed by atoms with Crippen LogP contribution in [0.5, 0.6) is 0 Å². The van der Waals surface area contributed by atoms with E-state index in [2.05, 4.69) is 0 Å². The standard InChI is InChI=1S/C14H13Cl2OP/c15-18(16,17)11-14(12-7-3-1-4-8-12)13-9-5-2-6-10-13/h1-10,14H,11H2. The summed E-state index contributed by atoms with van der Waals surface area (Å²) in [4.78, 5) is 0. The number of hydrogen-bond donors (Lipinski definition) is 0. The van der Waals surface area contributed by atoms with Crippen molar-refractivity contribution in [2.75, 3.05) is 6.16 Å². The number of hydrogen-bond acceptors (Lipinski definition) is 1. The molecule has 0 bridgehead atoms. The summed E-state index contributed by atoms with van der Waals surface area (Å²) in [6, 6.07) is 19.7. The zero-order valence-electron chi connectivity index (χ0n) is 9.67. The second-order valence-corrected chi connectivity index (χ2v) is 9.43. The second kappa shape index (κ2) is 5.93. The first-order chi connectivity index (χ1) is 8.56. The lowest BCUT2D eigenvalue weighted by Gasteiger charge is -2.18. The molecule has 0 aromatic heterocycles. The molecule has 4 heteroatoms. The minimum Gasteiger partial charge on any atom is -0.289 e. The summed E-state index contributed by atoms with van der Waals surface area (Å²) in [6.45, 7) is 0. The van der Waals surface area contributed by atoms with Gasteiger partial charge in [-0.05, 0) is 33.6 Å². The summed E-state index contributed by atoms with van der Waals surface area (Å²) >= 11 is 11.5. The van der Waals surface area contributed by atoms with Gasteiger partial charge in [0.05, 0.1) is 0 Å². The van der Waals surface area contributed by atoms with Crippen LogP contribution in [-0.2, 0) is 4.57 Å². The van der Waals surface area contributed by atoms with Crippen molar-refractivity contribution in [2.24, 2.45) is 0 Å². The molecule has 18 heavy (non-hydrogen) atoms. The number of benzene rings is 2. The van der Waals surface area contributed by atoms with E-state index in [1.54, 1.807) is 0 Å². The van der Waals surface area contributed by atoms with Crippen LogP contribution in [0.15, 0.2) is 60.7 Å². The third kappa shape index (κ3) is 3.88. The zero-order chi connectivity index (χ0) is 13.0. The molecule has 0 aliphatic heterocycles. The van der Waals surface area contributed by atoms with Crippen LogP contribution in [0.3, 0.4) is 0 Å². The van der Waals surface area contributed by atoms with E-state index in [1.807, 2.05) is 60.7 Å². The van der Waals surface area contributed by atoms with Gasteiger partial charge in [0.1, 0.15) is 0 Å². The summed E-state index contributed by atoms with van der Waals surface area (Å²) in [6.07, 6.45) is 0.254. The van der Waals surface area contributed by atoms with E-state index in [4.69, 9.17) is 22.5 Å². The Morgan fingerprint density at radius 3 is 1.56 bits per heavy atom. The van der Waals surface area contributed by atoms with Gasteiger partial charge in [0, 0.05) is 12.1 Å². The van der Waals surface area contributed by atoms with Crippen LogP contribution in [0.2, 0.25) is 0 Å². The SMILES string of the molecule is O=P(Cl)(Cl)CC(c1ccccc1)c1ccccc1. The summed E-state index contributed by atoms with van der Waals surface area (Å²) < 4.78 is 11.7. The smallest absolute Gasteiger partial charge is 0.254 e. The predicted molar refractivity (Wildman–Crippen MR) is 78.9 cm³/mol. The van der Waals surface area contributed by atoms with Gasteiger partial charge >= 0.3 is 0 Å². The van der Waals surface area contributed by atoms with Crippen LogP contribution in [-0.4, -0.2) is 6.16 Å². The fourth-order valence-corrected chi connectivity index (χ4v) is 3.66. The third-order valence-electron chi connectivity index (χ3n) is 2.80. The molecule has 1 nitrogen and oxygen atoms in total. The van der Waals surface area contributed by atoms with Gasteiger partial charge in [0.25, 0.3) is 5.85 Å². The first-order valence-electron chi connectivity index (χ1n) is 5.64. The van der Waals surface area contributed by atoms with Crippen molar-refractivity contribution in [3.8, 4) is 0 Å². The molecule has 94 valence electrons. The van der Waals surface area contributed by atoms with E-state index >= 15 is 0 Å². The van der Waals surface area contributed by atoms with Gasteiger partial charge in [0.15, 0.2) is 0 Å². The summed E-state index contributed by atoms with van der Waals surface area (Å²) in [7, 11) is 0. The first-order valence-corrected chi connectivity index (χ1v) is 9.35. The van der Waals surface area contributed by atoms with Crippen molar-refractivity contribution >= 4 is 28.3 Å². The van der Waals surface area contributed by atoms with Crippen LogP contribution in [0.25, 0.3) is 0 Å². The van der Waals surface area contributed by atoms with Crippen molar-refractivity contribution in [3.05, 3.63) is 71.8 Å². The van der Waals surface area contributed by atoms with Crippen molar-refractivity contribution in [2.45, 2.75) is 5.92 Å². The minimum absolute atomic E-state index is 0.0340. The maximum atomic E-state index is 11.7. The molecular weight excluding hydrogens is 286 g/mol. The Morgan fingerprint density at radius 1 is 0.833 bits per heavy atom. The molecule has 2 aromatic rings.